The van der Waals surface area contributed by atoms with E-state index in [0.29, 0.717) is 70.0 Å². The third-order valence-electron chi connectivity index (χ3n) is 7.41. The Labute approximate surface area is 184 Å². The van der Waals surface area contributed by atoms with Gasteiger partial charge in [-0.3, -0.25) is 4.79 Å². The Morgan fingerprint density at radius 1 is 0.935 bits per heavy atom. The van der Waals surface area contributed by atoms with Crippen molar-refractivity contribution in [3.63, 3.8) is 0 Å². The lowest BCUT2D eigenvalue weighted by molar-refractivity contribution is -0.188. The molecule has 1 aromatic rings. The molecular formula is C23H32N2O5S. The zero-order valence-corrected chi connectivity index (χ0v) is 18.9. The summed E-state index contributed by atoms with van der Waals surface area (Å²) in [6.07, 6.45) is 6.89. The molecule has 0 saturated carbocycles. The summed E-state index contributed by atoms with van der Waals surface area (Å²) in [5.41, 5.74) is 2.46. The number of ether oxygens (including phenoxy) is 2. The standard InChI is InChI=1S/C23H32N2O5S/c26-22(24-13-9-23(10-14-24)29-15-16-30-23)19-7-11-25(12-8-19)31(27,28)21-6-5-18-3-1-2-4-20(18)17-21/h5-6,17,19H,1-4,7-16H2. The number of carbonyl (C=O) groups excluding carboxylic acids is 1. The van der Waals surface area contributed by atoms with E-state index in [1.54, 1.807) is 10.4 Å². The fraction of sp³-hybridized carbons (Fsp3) is 0.696. The molecule has 8 heteroatoms. The molecule has 31 heavy (non-hydrogen) atoms. The highest BCUT2D eigenvalue weighted by Gasteiger charge is 2.42. The van der Waals surface area contributed by atoms with E-state index in [0.717, 1.165) is 19.3 Å². The molecule has 4 aliphatic rings. The van der Waals surface area contributed by atoms with Gasteiger partial charge < -0.3 is 14.4 Å². The minimum absolute atomic E-state index is 0.102. The Bertz CT molecular complexity index is 923. The van der Waals surface area contributed by atoms with Crippen LogP contribution in [0, 0.1) is 5.92 Å². The van der Waals surface area contributed by atoms with Gasteiger partial charge in [0.25, 0.3) is 0 Å². The molecule has 1 spiro atoms. The van der Waals surface area contributed by atoms with E-state index in [2.05, 4.69) is 0 Å². The van der Waals surface area contributed by atoms with Gasteiger partial charge in [-0.15, -0.1) is 0 Å². The van der Waals surface area contributed by atoms with Crippen LogP contribution in [0.1, 0.15) is 49.7 Å². The number of aryl methyl sites for hydroxylation is 2. The first-order valence-electron chi connectivity index (χ1n) is 11.7. The average molecular weight is 449 g/mol. The number of sulfonamides is 1. The van der Waals surface area contributed by atoms with Crippen molar-refractivity contribution >= 4 is 15.9 Å². The molecule has 3 heterocycles. The monoisotopic (exact) mass is 448 g/mol. The van der Waals surface area contributed by atoms with Crippen LogP contribution in [0.25, 0.3) is 0 Å². The first kappa shape index (κ1) is 21.4. The van der Waals surface area contributed by atoms with Gasteiger partial charge in [0.05, 0.1) is 18.1 Å². The molecule has 0 N–H and O–H groups in total. The first-order chi connectivity index (χ1) is 15.0. The van der Waals surface area contributed by atoms with Crippen LogP contribution in [-0.4, -0.2) is 68.7 Å². The number of piperidine rings is 2. The molecule has 0 bridgehead atoms. The first-order valence-corrected chi connectivity index (χ1v) is 13.1. The third-order valence-corrected chi connectivity index (χ3v) is 9.31. The fourth-order valence-electron chi connectivity index (χ4n) is 5.47. The summed E-state index contributed by atoms with van der Waals surface area (Å²) in [7, 11) is -3.51. The SMILES string of the molecule is O=C(C1CCN(S(=O)(=O)c2ccc3c(c2)CCCC3)CC1)N1CCC2(CC1)OCCO2. The molecule has 1 aliphatic carbocycles. The number of hydrogen-bond donors (Lipinski definition) is 0. The van der Waals surface area contributed by atoms with Crippen LogP contribution in [0.3, 0.4) is 0 Å². The van der Waals surface area contributed by atoms with Crippen LogP contribution in [0.2, 0.25) is 0 Å². The number of fused-ring (bicyclic) bond motifs is 1. The highest BCUT2D eigenvalue weighted by molar-refractivity contribution is 7.89. The second-order valence-corrected chi connectivity index (χ2v) is 11.2. The lowest BCUT2D eigenvalue weighted by Gasteiger charge is -2.40. The van der Waals surface area contributed by atoms with Crippen molar-refractivity contribution in [2.45, 2.75) is 62.0 Å². The molecule has 0 radical (unpaired) electrons. The Morgan fingerprint density at radius 2 is 1.58 bits per heavy atom. The number of nitrogens with zero attached hydrogens (tertiary/aromatic N) is 2. The number of benzene rings is 1. The highest BCUT2D eigenvalue weighted by Crippen LogP contribution is 2.33. The molecule has 0 atom stereocenters. The van der Waals surface area contributed by atoms with Crippen molar-refractivity contribution in [2.75, 3.05) is 39.4 Å². The van der Waals surface area contributed by atoms with Crippen molar-refractivity contribution in [3.8, 4) is 0 Å². The molecule has 7 nitrogen and oxygen atoms in total. The maximum Gasteiger partial charge on any atom is 0.243 e. The van der Waals surface area contributed by atoms with Gasteiger partial charge >= 0.3 is 0 Å². The summed E-state index contributed by atoms with van der Waals surface area (Å²) in [6.45, 7) is 3.36. The van der Waals surface area contributed by atoms with Gasteiger partial charge in [-0.1, -0.05) is 6.07 Å². The summed E-state index contributed by atoms with van der Waals surface area (Å²) < 4.78 is 39.5. The predicted molar refractivity (Wildman–Crippen MR) is 115 cm³/mol. The average Bonchev–Trinajstić information content (AvgIpc) is 3.26. The van der Waals surface area contributed by atoms with E-state index in [4.69, 9.17) is 9.47 Å². The zero-order chi connectivity index (χ0) is 21.5. The third kappa shape index (κ3) is 4.15. The second kappa shape index (κ2) is 8.46. The molecule has 3 saturated heterocycles. The van der Waals surface area contributed by atoms with Crippen molar-refractivity contribution in [1.82, 2.24) is 9.21 Å². The van der Waals surface area contributed by atoms with E-state index in [1.807, 2.05) is 17.0 Å². The Balaban J connectivity index is 1.19. The van der Waals surface area contributed by atoms with Crippen LogP contribution in [0.15, 0.2) is 23.1 Å². The fourth-order valence-corrected chi connectivity index (χ4v) is 6.99. The van der Waals surface area contributed by atoms with Crippen molar-refractivity contribution in [3.05, 3.63) is 29.3 Å². The van der Waals surface area contributed by atoms with Gasteiger partial charge in [-0.05, 0) is 61.8 Å². The molecule has 3 aliphatic heterocycles. The van der Waals surface area contributed by atoms with Gasteiger partial charge in [-0.25, -0.2) is 8.42 Å². The van der Waals surface area contributed by atoms with Crippen LogP contribution in [0.5, 0.6) is 0 Å². The van der Waals surface area contributed by atoms with Crippen molar-refractivity contribution in [2.24, 2.45) is 5.92 Å². The minimum Gasteiger partial charge on any atom is -0.347 e. The van der Waals surface area contributed by atoms with Crippen LogP contribution in [0.4, 0.5) is 0 Å². The quantitative estimate of drug-likeness (QED) is 0.709. The van der Waals surface area contributed by atoms with E-state index in [9.17, 15) is 13.2 Å². The lowest BCUT2D eigenvalue weighted by Crippen LogP contribution is -2.50. The topological polar surface area (TPSA) is 76.2 Å². The summed E-state index contributed by atoms with van der Waals surface area (Å²) in [4.78, 5) is 15.3. The van der Waals surface area contributed by atoms with E-state index >= 15 is 0 Å². The lowest BCUT2D eigenvalue weighted by atomic mass is 9.92. The second-order valence-electron chi connectivity index (χ2n) is 9.25. The van der Waals surface area contributed by atoms with E-state index in [1.165, 1.54) is 17.5 Å². The summed E-state index contributed by atoms with van der Waals surface area (Å²) >= 11 is 0. The molecule has 0 aromatic heterocycles. The van der Waals surface area contributed by atoms with E-state index < -0.39 is 15.8 Å². The molecule has 3 fully saturated rings. The summed E-state index contributed by atoms with van der Waals surface area (Å²) in [5.74, 6) is -0.434. The summed E-state index contributed by atoms with van der Waals surface area (Å²) in [5, 5.41) is 0. The Morgan fingerprint density at radius 3 is 2.26 bits per heavy atom. The Kier molecular flexibility index (Phi) is 5.83. The van der Waals surface area contributed by atoms with Gasteiger partial charge in [0, 0.05) is 44.9 Å². The predicted octanol–water partition coefficient (Wildman–Crippen LogP) is 2.33. The number of carbonyl (C=O) groups is 1. The van der Waals surface area contributed by atoms with Gasteiger partial charge in [0.2, 0.25) is 15.9 Å². The molecule has 0 unspecified atom stereocenters. The maximum absolute atomic E-state index is 13.2. The maximum atomic E-state index is 13.2. The van der Waals surface area contributed by atoms with Crippen LogP contribution < -0.4 is 0 Å². The van der Waals surface area contributed by atoms with Crippen LogP contribution in [-0.2, 0) is 37.1 Å². The normalized spacial score (nSPS) is 25.0. The number of hydrogen-bond acceptors (Lipinski definition) is 5. The van der Waals surface area contributed by atoms with Gasteiger partial charge in [0.1, 0.15) is 0 Å². The molecular weight excluding hydrogens is 416 g/mol. The largest absolute Gasteiger partial charge is 0.347 e. The number of likely N-dealkylation sites (tertiary alicyclic amines) is 1. The van der Waals surface area contributed by atoms with Gasteiger partial charge in [0.15, 0.2) is 5.79 Å². The molecule has 1 aromatic carbocycles. The van der Waals surface area contributed by atoms with Crippen LogP contribution >= 0.6 is 0 Å². The number of rotatable bonds is 3. The van der Waals surface area contributed by atoms with Crippen molar-refractivity contribution < 1.29 is 22.7 Å². The number of amides is 1. The van der Waals surface area contributed by atoms with E-state index in [-0.39, 0.29) is 11.8 Å². The highest BCUT2D eigenvalue weighted by atomic mass is 32.2. The minimum atomic E-state index is -3.51. The Hall–Kier alpha value is -1.48. The zero-order valence-electron chi connectivity index (χ0n) is 18.1. The van der Waals surface area contributed by atoms with Gasteiger partial charge in [-0.2, -0.15) is 4.31 Å². The molecule has 1 amide bonds. The summed E-state index contributed by atoms with van der Waals surface area (Å²) in [6, 6.07) is 5.61. The smallest absolute Gasteiger partial charge is 0.243 e. The molecule has 5 rings (SSSR count). The molecule has 170 valence electrons. The van der Waals surface area contributed by atoms with Crippen molar-refractivity contribution in [1.29, 1.82) is 0 Å².